The Kier molecular flexibility index (Phi) is 4.80. The summed E-state index contributed by atoms with van der Waals surface area (Å²) < 4.78 is 2.53. The summed E-state index contributed by atoms with van der Waals surface area (Å²) in [6, 6.07) is 6.83. The van der Waals surface area contributed by atoms with Gasteiger partial charge in [-0.3, -0.25) is 18.7 Å². The smallest absolute Gasteiger partial charge is 0.300 e. The van der Waals surface area contributed by atoms with E-state index in [2.05, 4.69) is 10.3 Å². The molecule has 0 fully saturated rings. The van der Waals surface area contributed by atoms with Gasteiger partial charge in [0.25, 0.3) is 5.56 Å². The van der Waals surface area contributed by atoms with Crippen LogP contribution in [0.3, 0.4) is 0 Å². The van der Waals surface area contributed by atoms with E-state index < -0.39 is 5.69 Å². The lowest BCUT2D eigenvalue weighted by atomic mass is 10.2. The molecule has 3 rings (SSSR count). The number of thiazole rings is 1. The molecule has 7 nitrogen and oxygen atoms in total. The maximum atomic E-state index is 12.8. The van der Waals surface area contributed by atoms with Gasteiger partial charge in [0.05, 0.1) is 10.9 Å². The topological polar surface area (TPSA) is 86.0 Å². The highest BCUT2D eigenvalue weighted by molar-refractivity contribution is 7.13. The van der Waals surface area contributed by atoms with Crippen LogP contribution in [-0.2, 0) is 17.9 Å². The molecular weight excluding hydrogens is 340 g/mol. The van der Waals surface area contributed by atoms with E-state index in [-0.39, 0.29) is 23.9 Å². The number of hydrogen-bond acceptors (Lipinski definition) is 5. The van der Waals surface area contributed by atoms with Crippen LogP contribution in [0.15, 0.2) is 45.4 Å². The highest BCUT2D eigenvalue weighted by atomic mass is 32.1. The van der Waals surface area contributed by atoms with E-state index >= 15 is 0 Å². The molecule has 0 radical (unpaired) electrons. The van der Waals surface area contributed by atoms with Crippen LogP contribution in [0.1, 0.15) is 13.8 Å². The van der Waals surface area contributed by atoms with Crippen molar-refractivity contribution in [3.63, 3.8) is 0 Å². The third-order valence-electron chi connectivity index (χ3n) is 3.66. The Morgan fingerprint density at radius 3 is 2.68 bits per heavy atom. The second-order valence-electron chi connectivity index (χ2n) is 6.08. The second kappa shape index (κ2) is 7.02. The minimum Gasteiger partial charge on any atom is -0.300 e. The minimum atomic E-state index is -0.480. The lowest BCUT2D eigenvalue weighted by Gasteiger charge is -2.14. The lowest BCUT2D eigenvalue weighted by Crippen LogP contribution is -2.42. The average Bonchev–Trinajstić information content (AvgIpc) is 3.08. The molecule has 0 bridgehead atoms. The van der Waals surface area contributed by atoms with E-state index in [0.29, 0.717) is 22.6 Å². The molecule has 25 heavy (non-hydrogen) atoms. The van der Waals surface area contributed by atoms with Crippen molar-refractivity contribution < 1.29 is 4.79 Å². The van der Waals surface area contributed by atoms with Gasteiger partial charge in [0.2, 0.25) is 5.91 Å². The number of anilines is 1. The third kappa shape index (κ3) is 3.53. The van der Waals surface area contributed by atoms with Crippen LogP contribution in [0, 0.1) is 5.92 Å². The summed E-state index contributed by atoms with van der Waals surface area (Å²) >= 11 is 1.30. The maximum absolute atomic E-state index is 12.8. The van der Waals surface area contributed by atoms with Gasteiger partial charge in [-0.15, -0.1) is 11.3 Å². The van der Waals surface area contributed by atoms with E-state index in [1.165, 1.54) is 20.5 Å². The molecule has 2 heterocycles. The van der Waals surface area contributed by atoms with Crippen molar-refractivity contribution in [2.24, 2.45) is 5.92 Å². The highest BCUT2D eigenvalue weighted by Gasteiger charge is 2.16. The highest BCUT2D eigenvalue weighted by Crippen LogP contribution is 2.11. The van der Waals surface area contributed by atoms with E-state index in [4.69, 9.17) is 0 Å². The molecule has 0 aliphatic carbocycles. The molecular formula is C17H18N4O3S. The van der Waals surface area contributed by atoms with Crippen LogP contribution in [0.2, 0.25) is 0 Å². The number of aromatic nitrogens is 3. The predicted molar refractivity (Wildman–Crippen MR) is 98.0 cm³/mol. The van der Waals surface area contributed by atoms with Crippen LogP contribution >= 0.6 is 11.3 Å². The number of benzene rings is 1. The van der Waals surface area contributed by atoms with E-state index in [0.717, 1.165) is 0 Å². The Labute approximate surface area is 147 Å². The molecule has 3 aromatic rings. The largest absolute Gasteiger partial charge is 0.331 e. The van der Waals surface area contributed by atoms with Gasteiger partial charge in [0.15, 0.2) is 5.13 Å². The van der Waals surface area contributed by atoms with Gasteiger partial charge in [-0.1, -0.05) is 26.0 Å². The minimum absolute atomic E-state index is 0.129. The standard InChI is InChI=1S/C17H18N4O3S/c1-11(2)9-21-15(23)12-5-3-4-6-13(12)20(17(21)24)10-14(22)19-16-18-7-8-25-16/h3-8,11H,9-10H2,1-2H3,(H,18,19,22). The third-order valence-corrected chi connectivity index (χ3v) is 4.35. The summed E-state index contributed by atoms with van der Waals surface area (Å²) in [5, 5.41) is 5.30. The molecule has 2 aromatic heterocycles. The zero-order valence-electron chi connectivity index (χ0n) is 13.9. The van der Waals surface area contributed by atoms with Crippen molar-refractivity contribution in [1.82, 2.24) is 14.1 Å². The van der Waals surface area contributed by atoms with Crippen LogP contribution in [0.5, 0.6) is 0 Å². The van der Waals surface area contributed by atoms with E-state index in [9.17, 15) is 14.4 Å². The Morgan fingerprint density at radius 2 is 2.00 bits per heavy atom. The van der Waals surface area contributed by atoms with Gasteiger partial charge in [0.1, 0.15) is 6.54 Å². The zero-order valence-corrected chi connectivity index (χ0v) is 14.7. The summed E-state index contributed by atoms with van der Waals surface area (Å²) in [5.74, 6) is -0.235. The molecule has 1 amide bonds. The quantitative estimate of drug-likeness (QED) is 0.755. The fraction of sp³-hybridized carbons (Fsp3) is 0.294. The predicted octanol–water partition coefficient (Wildman–Crippen LogP) is 1.91. The van der Waals surface area contributed by atoms with Gasteiger partial charge in [-0.05, 0) is 18.1 Å². The maximum Gasteiger partial charge on any atom is 0.331 e. The first-order valence-electron chi connectivity index (χ1n) is 7.89. The fourth-order valence-corrected chi connectivity index (χ4v) is 3.18. The van der Waals surface area contributed by atoms with Crippen LogP contribution < -0.4 is 16.6 Å². The molecule has 0 saturated heterocycles. The first-order chi connectivity index (χ1) is 12.0. The van der Waals surface area contributed by atoms with E-state index in [1.54, 1.807) is 35.8 Å². The Balaban J connectivity index is 2.08. The van der Waals surface area contributed by atoms with Crippen LogP contribution in [0.4, 0.5) is 5.13 Å². The number of carbonyl (C=O) groups excluding carboxylic acids is 1. The monoisotopic (exact) mass is 358 g/mol. The first-order valence-corrected chi connectivity index (χ1v) is 8.77. The SMILES string of the molecule is CC(C)Cn1c(=O)c2ccccc2n(CC(=O)Nc2nccs2)c1=O. The number of hydrogen-bond donors (Lipinski definition) is 1. The summed E-state index contributed by atoms with van der Waals surface area (Å²) in [7, 11) is 0. The Hall–Kier alpha value is -2.74. The molecule has 1 N–H and O–H groups in total. The molecule has 130 valence electrons. The molecule has 0 aliphatic heterocycles. The number of nitrogens with zero attached hydrogens (tertiary/aromatic N) is 3. The van der Waals surface area contributed by atoms with Gasteiger partial charge < -0.3 is 5.32 Å². The molecule has 0 spiro atoms. The van der Waals surface area contributed by atoms with Crippen molar-refractivity contribution in [2.75, 3.05) is 5.32 Å². The number of carbonyl (C=O) groups is 1. The number of fused-ring (bicyclic) bond motifs is 1. The summed E-state index contributed by atoms with van der Waals surface area (Å²) in [6.07, 6.45) is 1.59. The first kappa shape index (κ1) is 17.1. The second-order valence-corrected chi connectivity index (χ2v) is 6.98. The van der Waals surface area contributed by atoms with Gasteiger partial charge in [-0.2, -0.15) is 0 Å². The fourth-order valence-electron chi connectivity index (χ4n) is 2.64. The summed E-state index contributed by atoms with van der Waals surface area (Å²) in [5.41, 5.74) is -0.357. The van der Waals surface area contributed by atoms with Crippen molar-refractivity contribution >= 4 is 33.3 Å². The summed E-state index contributed by atoms with van der Waals surface area (Å²) in [6.45, 7) is 3.98. The molecule has 1 aromatic carbocycles. The molecule has 0 atom stereocenters. The summed E-state index contributed by atoms with van der Waals surface area (Å²) in [4.78, 5) is 41.7. The van der Waals surface area contributed by atoms with Crippen molar-refractivity contribution in [2.45, 2.75) is 26.9 Å². The van der Waals surface area contributed by atoms with Crippen LogP contribution in [0.25, 0.3) is 10.9 Å². The van der Waals surface area contributed by atoms with Crippen molar-refractivity contribution in [1.29, 1.82) is 0 Å². The van der Waals surface area contributed by atoms with Gasteiger partial charge in [0, 0.05) is 18.1 Å². The molecule has 0 aliphatic rings. The van der Waals surface area contributed by atoms with Gasteiger partial charge in [-0.25, -0.2) is 9.78 Å². The number of rotatable bonds is 5. The number of para-hydroxylation sites is 1. The Morgan fingerprint density at radius 1 is 1.24 bits per heavy atom. The van der Waals surface area contributed by atoms with E-state index in [1.807, 2.05) is 13.8 Å². The van der Waals surface area contributed by atoms with Crippen molar-refractivity contribution in [3.05, 3.63) is 56.7 Å². The molecule has 0 unspecified atom stereocenters. The van der Waals surface area contributed by atoms with Crippen molar-refractivity contribution in [3.8, 4) is 0 Å². The average molecular weight is 358 g/mol. The number of nitrogens with one attached hydrogen (secondary N) is 1. The number of amides is 1. The normalized spacial score (nSPS) is 11.2. The zero-order chi connectivity index (χ0) is 18.0. The Bertz CT molecular complexity index is 1020. The molecule has 0 saturated carbocycles. The molecule has 8 heteroatoms. The van der Waals surface area contributed by atoms with Gasteiger partial charge >= 0.3 is 5.69 Å². The van der Waals surface area contributed by atoms with Crippen LogP contribution in [-0.4, -0.2) is 20.0 Å². The lowest BCUT2D eigenvalue weighted by molar-refractivity contribution is -0.116.